The van der Waals surface area contributed by atoms with Gasteiger partial charge >= 0.3 is 0 Å². The second-order valence-electron chi connectivity index (χ2n) is 4.31. The molecule has 2 heterocycles. The van der Waals surface area contributed by atoms with Gasteiger partial charge in [-0.05, 0) is 24.6 Å². The van der Waals surface area contributed by atoms with Crippen LogP contribution in [0.15, 0.2) is 41.5 Å². The zero-order valence-electron chi connectivity index (χ0n) is 11.2. The first-order chi connectivity index (χ1) is 9.70. The van der Waals surface area contributed by atoms with E-state index >= 15 is 0 Å². The summed E-state index contributed by atoms with van der Waals surface area (Å²) in [6.07, 6.45) is 4.18. The number of aromatic nitrogens is 3. The Morgan fingerprint density at radius 1 is 1.35 bits per heavy atom. The molecule has 1 amide bonds. The molecule has 0 fully saturated rings. The van der Waals surface area contributed by atoms with Crippen LogP contribution in [0.1, 0.15) is 13.3 Å². The largest absolute Gasteiger partial charge is 0.355 e. The molecular formula is C14H16N4O2. The normalized spacial score (nSPS) is 10.2. The summed E-state index contributed by atoms with van der Waals surface area (Å²) >= 11 is 0. The summed E-state index contributed by atoms with van der Waals surface area (Å²) in [5, 5.41) is 6.91. The van der Waals surface area contributed by atoms with Gasteiger partial charge in [0.25, 0.3) is 5.56 Å². The highest BCUT2D eigenvalue weighted by Crippen LogP contribution is 2.12. The van der Waals surface area contributed by atoms with Crippen molar-refractivity contribution in [3.05, 3.63) is 47.0 Å². The maximum atomic E-state index is 11.7. The Balaban J connectivity index is 2.21. The molecule has 0 unspecified atom stereocenters. The standard InChI is InChI=1S/C14H16N4O2/c1-2-7-16-13(19)10-18-14(20)6-5-12(17-18)11-4-3-8-15-9-11/h3-6,8-9H,2,7,10H2,1H3,(H,16,19). The Morgan fingerprint density at radius 2 is 2.20 bits per heavy atom. The molecular weight excluding hydrogens is 256 g/mol. The van der Waals surface area contributed by atoms with Crippen LogP contribution in [0.5, 0.6) is 0 Å². The van der Waals surface area contributed by atoms with Gasteiger partial charge in [-0.2, -0.15) is 5.10 Å². The summed E-state index contributed by atoms with van der Waals surface area (Å²) in [4.78, 5) is 27.4. The van der Waals surface area contributed by atoms with Crippen LogP contribution in [0, 0.1) is 0 Å². The van der Waals surface area contributed by atoms with Crippen molar-refractivity contribution in [2.24, 2.45) is 0 Å². The number of carbonyl (C=O) groups excluding carboxylic acids is 1. The summed E-state index contributed by atoms with van der Waals surface area (Å²) < 4.78 is 1.16. The second kappa shape index (κ2) is 6.60. The topological polar surface area (TPSA) is 76.9 Å². The third-order valence-corrected chi connectivity index (χ3v) is 2.69. The minimum atomic E-state index is -0.302. The summed E-state index contributed by atoms with van der Waals surface area (Å²) in [5.41, 5.74) is 1.11. The van der Waals surface area contributed by atoms with E-state index in [0.717, 1.165) is 16.7 Å². The minimum Gasteiger partial charge on any atom is -0.355 e. The van der Waals surface area contributed by atoms with Gasteiger partial charge in [0.2, 0.25) is 5.91 Å². The Labute approximate surface area is 116 Å². The number of rotatable bonds is 5. The van der Waals surface area contributed by atoms with Crippen molar-refractivity contribution in [1.82, 2.24) is 20.1 Å². The van der Waals surface area contributed by atoms with E-state index in [-0.39, 0.29) is 18.0 Å². The molecule has 6 nitrogen and oxygen atoms in total. The van der Waals surface area contributed by atoms with Crippen LogP contribution < -0.4 is 10.9 Å². The molecule has 0 aromatic carbocycles. The second-order valence-corrected chi connectivity index (χ2v) is 4.31. The van der Waals surface area contributed by atoms with Gasteiger partial charge in [-0.25, -0.2) is 4.68 Å². The predicted octanol–water partition coefficient (Wildman–Crippen LogP) is 0.831. The highest BCUT2D eigenvalue weighted by atomic mass is 16.2. The first kappa shape index (κ1) is 13.9. The first-order valence-corrected chi connectivity index (χ1v) is 6.46. The average molecular weight is 272 g/mol. The maximum absolute atomic E-state index is 11.7. The van der Waals surface area contributed by atoms with E-state index in [0.29, 0.717) is 12.2 Å². The number of hydrogen-bond acceptors (Lipinski definition) is 4. The van der Waals surface area contributed by atoms with E-state index in [1.54, 1.807) is 24.5 Å². The molecule has 20 heavy (non-hydrogen) atoms. The molecule has 0 aliphatic carbocycles. The summed E-state index contributed by atoms with van der Waals surface area (Å²) in [6, 6.07) is 6.67. The van der Waals surface area contributed by atoms with Crippen LogP contribution >= 0.6 is 0 Å². The zero-order chi connectivity index (χ0) is 14.4. The van der Waals surface area contributed by atoms with Crippen LogP contribution in [-0.2, 0) is 11.3 Å². The van der Waals surface area contributed by atoms with Gasteiger partial charge in [-0.15, -0.1) is 0 Å². The monoisotopic (exact) mass is 272 g/mol. The fourth-order valence-corrected chi connectivity index (χ4v) is 1.69. The lowest BCUT2D eigenvalue weighted by Crippen LogP contribution is -2.33. The van der Waals surface area contributed by atoms with E-state index in [4.69, 9.17) is 0 Å². The van der Waals surface area contributed by atoms with Gasteiger partial charge in [-0.3, -0.25) is 14.6 Å². The molecule has 104 valence electrons. The summed E-state index contributed by atoms with van der Waals surface area (Å²) in [6.45, 7) is 2.48. The molecule has 6 heteroatoms. The van der Waals surface area contributed by atoms with Crippen molar-refractivity contribution in [3.8, 4) is 11.3 Å². The SMILES string of the molecule is CCCNC(=O)Cn1nc(-c2cccnc2)ccc1=O. The molecule has 0 spiro atoms. The van der Waals surface area contributed by atoms with Crippen LogP contribution in [0.4, 0.5) is 0 Å². The molecule has 0 saturated heterocycles. The zero-order valence-corrected chi connectivity index (χ0v) is 11.2. The number of amides is 1. The van der Waals surface area contributed by atoms with Gasteiger partial charge in [-0.1, -0.05) is 6.92 Å². The highest BCUT2D eigenvalue weighted by Gasteiger charge is 2.07. The van der Waals surface area contributed by atoms with Crippen molar-refractivity contribution in [2.45, 2.75) is 19.9 Å². The summed E-state index contributed by atoms with van der Waals surface area (Å²) in [5.74, 6) is -0.218. The number of pyridine rings is 1. The third-order valence-electron chi connectivity index (χ3n) is 2.69. The van der Waals surface area contributed by atoms with Gasteiger partial charge in [0, 0.05) is 30.6 Å². The third kappa shape index (κ3) is 3.50. The number of hydrogen-bond donors (Lipinski definition) is 1. The van der Waals surface area contributed by atoms with Crippen LogP contribution in [0.25, 0.3) is 11.3 Å². The molecule has 0 atom stereocenters. The lowest BCUT2D eigenvalue weighted by Gasteiger charge is -2.07. The molecule has 0 radical (unpaired) electrons. The minimum absolute atomic E-state index is 0.0765. The van der Waals surface area contributed by atoms with Crippen molar-refractivity contribution in [3.63, 3.8) is 0 Å². The van der Waals surface area contributed by atoms with Gasteiger partial charge in [0.1, 0.15) is 6.54 Å². The van der Waals surface area contributed by atoms with Crippen LogP contribution in [0.2, 0.25) is 0 Å². The number of nitrogens with one attached hydrogen (secondary N) is 1. The quantitative estimate of drug-likeness (QED) is 0.874. The Morgan fingerprint density at radius 3 is 2.90 bits per heavy atom. The van der Waals surface area contributed by atoms with E-state index in [1.807, 2.05) is 13.0 Å². The van der Waals surface area contributed by atoms with E-state index in [2.05, 4.69) is 15.4 Å². The first-order valence-electron chi connectivity index (χ1n) is 6.46. The molecule has 2 rings (SSSR count). The van der Waals surface area contributed by atoms with Gasteiger partial charge in [0.05, 0.1) is 5.69 Å². The van der Waals surface area contributed by atoms with Crippen LogP contribution in [-0.4, -0.2) is 27.2 Å². The van der Waals surface area contributed by atoms with E-state index < -0.39 is 0 Å². The molecule has 1 N–H and O–H groups in total. The molecule has 0 bridgehead atoms. The smallest absolute Gasteiger partial charge is 0.267 e. The molecule has 2 aromatic rings. The van der Waals surface area contributed by atoms with Gasteiger partial charge in [0.15, 0.2) is 0 Å². The van der Waals surface area contributed by atoms with Crippen molar-refractivity contribution >= 4 is 5.91 Å². The van der Waals surface area contributed by atoms with Crippen molar-refractivity contribution in [1.29, 1.82) is 0 Å². The fourth-order valence-electron chi connectivity index (χ4n) is 1.69. The molecule has 0 aliphatic rings. The van der Waals surface area contributed by atoms with Crippen molar-refractivity contribution < 1.29 is 4.79 Å². The Kier molecular flexibility index (Phi) is 4.60. The Hall–Kier alpha value is -2.50. The summed E-state index contributed by atoms with van der Waals surface area (Å²) in [7, 11) is 0. The van der Waals surface area contributed by atoms with Gasteiger partial charge < -0.3 is 5.32 Å². The molecule has 2 aromatic heterocycles. The molecule has 0 aliphatic heterocycles. The van der Waals surface area contributed by atoms with Crippen molar-refractivity contribution in [2.75, 3.05) is 6.54 Å². The van der Waals surface area contributed by atoms with E-state index in [9.17, 15) is 9.59 Å². The predicted molar refractivity (Wildman–Crippen MR) is 75.0 cm³/mol. The highest BCUT2D eigenvalue weighted by molar-refractivity contribution is 5.75. The average Bonchev–Trinajstić information content (AvgIpc) is 2.48. The Bertz CT molecular complexity index is 637. The number of carbonyl (C=O) groups is 1. The maximum Gasteiger partial charge on any atom is 0.267 e. The fraction of sp³-hybridized carbons (Fsp3) is 0.286. The molecule has 0 saturated carbocycles. The number of nitrogens with zero attached hydrogens (tertiary/aromatic N) is 3. The van der Waals surface area contributed by atoms with Crippen LogP contribution in [0.3, 0.4) is 0 Å². The van der Waals surface area contributed by atoms with E-state index in [1.165, 1.54) is 6.07 Å². The lowest BCUT2D eigenvalue weighted by molar-refractivity contribution is -0.121. The lowest BCUT2D eigenvalue weighted by atomic mass is 10.2.